The first-order chi connectivity index (χ1) is 8.95. The molecule has 0 saturated carbocycles. The minimum atomic E-state index is -0.741. The molecule has 2 atom stereocenters. The number of benzene rings is 1. The summed E-state index contributed by atoms with van der Waals surface area (Å²) in [6, 6.07) is 2.08. The molecule has 1 aliphatic heterocycles. The zero-order valence-corrected chi connectivity index (χ0v) is 12.9. The van der Waals surface area contributed by atoms with Crippen LogP contribution in [0.4, 0.5) is 0 Å². The van der Waals surface area contributed by atoms with Crippen LogP contribution in [0.25, 0.3) is 0 Å². The van der Waals surface area contributed by atoms with Gasteiger partial charge in [0.25, 0.3) is 0 Å². The van der Waals surface area contributed by atoms with Crippen LogP contribution >= 0.6 is 15.9 Å². The Balaban J connectivity index is 2.42. The summed E-state index contributed by atoms with van der Waals surface area (Å²) in [6.45, 7) is 4.54. The molecule has 5 heteroatoms. The molecule has 1 aliphatic rings. The van der Waals surface area contributed by atoms with Gasteiger partial charge in [0.05, 0.1) is 13.0 Å². The maximum Gasteiger partial charge on any atom is 0.307 e. The molecule has 19 heavy (non-hydrogen) atoms. The lowest BCUT2D eigenvalue weighted by molar-refractivity contribution is -0.141. The molecule has 1 aromatic rings. The van der Waals surface area contributed by atoms with Crippen LogP contribution in [0.1, 0.15) is 29.2 Å². The molecular weight excluding hydrogens is 310 g/mol. The van der Waals surface area contributed by atoms with Gasteiger partial charge in [-0.15, -0.1) is 0 Å². The molecule has 0 aliphatic carbocycles. The highest BCUT2D eigenvalue weighted by molar-refractivity contribution is 9.10. The third kappa shape index (κ3) is 2.62. The van der Waals surface area contributed by atoms with Crippen LogP contribution in [0, 0.1) is 19.8 Å². The Bertz CT molecular complexity index is 516. The van der Waals surface area contributed by atoms with E-state index in [1.54, 1.807) is 7.11 Å². The summed E-state index contributed by atoms with van der Waals surface area (Å²) in [7, 11) is 1.65. The standard InChI is InChI=1S/C14H18BrNO3/c1-7-4-8(2)13(19-3)11(12(7)15)10-5-9(6-16-10)14(17)18/h4,9-10,16H,5-6H2,1-3H3,(H,17,18). The third-order valence-corrected chi connectivity index (χ3v) is 4.70. The van der Waals surface area contributed by atoms with Gasteiger partial charge >= 0.3 is 5.97 Å². The van der Waals surface area contributed by atoms with Gasteiger partial charge in [-0.05, 0) is 31.4 Å². The van der Waals surface area contributed by atoms with E-state index in [0.29, 0.717) is 13.0 Å². The van der Waals surface area contributed by atoms with Crippen molar-refractivity contribution in [3.05, 3.63) is 27.2 Å². The number of carboxylic acid groups (broad SMARTS) is 1. The van der Waals surface area contributed by atoms with Crippen molar-refractivity contribution in [1.82, 2.24) is 5.32 Å². The average Bonchev–Trinajstić information content (AvgIpc) is 2.82. The van der Waals surface area contributed by atoms with E-state index in [1.165, 1.54) is 0 Å². The molecule has 2 rings (SSSR count). The van der Waals surface area contributed by atoms with Gasteiger partial charge in [-0.3, -0.25) is 4.79 Å². The number of hydrogen-bond acceptors (Lipinski definition) is 3. The molecule has 0 radical (unpaired) electrons. The monoisotopic (exact) mass is 327 g/mol. The first kappa shape index (κ1) is 14.3. The Kier molecular flexibility index (Phi) is 4.16. The number of aliphatic carboxylic acids is 1. The Morgan fingerprint density at radius 3 is 2.68 bits per heavy atom. The van der Waals surface area contributed by atoms with E-state index < -0.39 is 5.97 Å². The lowest BCUT2D eigenvalue weighted by Gasteiger charge is -2.20. The van der Waals surface area contributed by atoms with Gasteiger partial charge in [-0.2, -0.15) is 0 Å². The Morgan fingerprint density at radius 1 is 1.47 bits per heavy atom. The van der Waals surface area contributed by atoms with E-state index in [4.69, 9.17) is 9.84 Å². The molecule has 0 aromatic heterocycles. The predicted octanol–water partition coefficient (Wildman–Crippen LogP) is 2.81. The third-order valence-electron chi connectivity index (χ3n) is 3.65. The van der Waals surface area contributed by atoms with Crippen molar-refractivity contribution in [3.63, 3.8) is 0 Å². The van der Waals surface area contributed by atoms with Crippen molar-refractivity contribution >= 4 is 21.9 Å². The van der Waals surface area contributed by atoms with Crippen molar-refractivity contribution < 1.29 is 14.6 Å². The maximum atomic E-state index is 11.1. The molecular formula is C14H18BrNO3. The van der Waals surface area contributed by atoms with Gasteiger partial charge in [0, 0.05) is 22.6 Å². The second-order valence-electron chi connectivity index (χ2n) is 5.00. The maximum absolute atomic E-state index is 11.1. The highest BCUT2D eigenvalue weighted by Gasteiger charge is 2.33. The second-order valence-corrected chi connectivity index (χ2v) is 5.80. The highest BCUT2D eigenvalue weighted by atomic mass is 79.9. The van der Waals surface area contributed by atoms with Gasteiger partial charge in [-0.25, -0.2) is 0 Å². The lowest BCUT2D eigenvalue weighted by atomic mass is 9.96. The number of halogens is 1. The molecule has 1 aromatic carbocycles. The number of carbonyl (C=O) groups is 1. The fourth-order valence-electron chi connectivity index (χ4n) is 2.70. The van der Waals surface area contributed by atoms with Crippen molar-refractivity contribution in [1.29, 1.82) is 0 Å². The minimum absolute atomic E-state index is 0.0176. The predicted molar refractivity (Wildman–Crippen MR) is 76.7 cm³/mol. The summed E-state index contributed by atoms with van der Waals surface area (Å²) in [4.78, 5) is 11.1. The number of nitrogens with one attached hydrogen (secondary N) is 1. The molecule has 0 bridgehead atoms. The molecule has 1 fully saturated rings. The SMILES string of the molecule is COc1c(C)cc(C)c(Br)c1C1CC(C(=O)O)CN1. The minimum Gasteiger partial charge on any atom is -0.496 e. The van der Waals surface area contributed by atoms with Crippen molar-refractivity contribution in [2.75, 3.05) is 13.7 Å². The molecule has 2 N–H and O–H groups in total. The van der Waals surface area contributed by atoms with E-state index in [1.807, 2.05) is 13.8 Å². The zero-order chi connectivity index (χ0) is 14.2. The van der Waals surface area contributed by atoms with Crippen LogP contribution in [0.15, 0.2) is 10.5 Å². The Morgan fingerprint density at radius 2 is 2.16 bits per heavy atom. The average molecular weight is 328 g/mol. The molecule has 0 amide bonds. The quantitative estimate of drug-likeness (QED) is 0.896. The van der Waals surface area contributed by atoms with E-state index >= 15 is 0 Å². The summed E-state index contributed by atoms with van der Waals surface area (Å²) >= 11 is 3.61. The van der Waals surface area contributed by atoms with Gasteiger partial charge in [0.15, 0.2) is 0 Å². The number of hydrogen-bond donors (Lipinski definition) is 2. The topological polar surface area (TPSA) is 58.6 Å². The van der Waals surface area contributed by atoms with Gasteiger partial charge in [0.2, 0.25) is 0 Å². The highest BCUT2D eigenvalue weighted by Crippen LogP contribution is 2.41. The number of rotatable bonds is 3. The van der Waals surface area contributed by atoms with Crippen LogP contribution in [0.2, 0.25) is 0 Å². The first-order valence-electron chi connectivity index (χ1n) is 6.25. The van der Waals surface area contributed by atoms with Crippen molar-refractivity contribution in [2.24, 2.45) is 5.92 Å². The largest absolute Gasteiger partial charge is 0.496 e. The van der Waals surface area contributed by atoms with Crippen LogP contribution < -0.4 is 10.1 Å². The lowest BCUT2D eigenvalue weighted by Crippen LogP contribution is -2.18. The summed E-state index contributed by atoms with van der Waals surface area (Å²) in [5, 5.41) is 12.4. The molecule has 0 spiro atoms. The van der Waals surface area contributed by atoms with E-state index in [0.717, 1.165) is 26.9 Å². The Labute approximate surface area is 121 Å². The number of aryl methyl sites for hydroxylation is 2. The summed E-state index contributed by atoms with van der Waals surface area (Å²) < 4.78 is 6.50. The van der Waals surface area contributed by atoms with Crippen molar-refractivity contribution in [3.8, 4) is 5.75 Å². The van der Waals surface area contributed by atoms with Gasteiger partial charge in [-0.1, -0.05) is 22.0 Å². The molecule has 4 nitrogen and oxygen atoms in total. The van der Waals surface area contributed by atoms with Gasteiger partial charge < -0.3 is 15.2 Å². The van der Waals surface area contributed by atoms with E-state index in [-0.39, 0.29) is 12.0 Å². The van der Waals surface area contributed by atoms with E-state index in [2.05, 4.69) is 27.3 Å². The molecule has 2 unspecified atom stereocenters. The fourth-order valence-corrected chi connectivity index (χ4v) is 3.27. The second kappa shape index (κ2) is 5.51. The summed E-state index contributed by atoms with van der Waals surface area (Å²) in [6.07, 6.45) is 0.590. The molecule has 104 valence electrons. The zero-order valence-electron chi connectivity index (χ0n) is 11.3. The smallest absolute Gasteiger partial charge is 0.307 e. The summed E-state index contributed by atoms with van der Waals surface area (Å²) in [5.74, 6) is -0.238. The van der Waals surface area contributed by atoms with Crippen LogP contribution in [0.3, 0.4) is 0 Å². The van der Waals surface area contributed by atoms with Crippen LogP contribution in [-0.2, 0) is 4.79 Å². The number of ether oxygens (including phenoxy) is 1. The fraction of sp³-hybridized carbons (Fsp3) is 0.500. The van der Waals surface area contributed by atoms with Gasteiger partial charge in [0.1, 0.15) is 5.75 Å². The number of methoxy groups -OCH3 is 1. The van der Waals surface area contributed by atoms with Crippen LogP contribution in [-0.4, -0.2) is 24.7 Å². The summed E-state index contributed by atoms with van der Waals surface area (Å²) in [5.41, 5.74) is 3.23. The Hall–Kier alpha value is -1.07. The van der Waals surface area contributed by atoms with Crippen LogP contribution in [0.5, 0.6) is 5.75 Å². The normalized spacial score (nSPS) is 22.5. The molecule has 1 heterocycles. The molecule has 1 saturated heterocycles. The first-order valence-corrected chi connectivity index (χ1v) is 7.04. The van der Waals surface area contributed by atoms with Crippen molar-refractivity contribution in [2.45, 2.75) is 26.3 Å². The van der Waals surface area contributed by atoms with E-state index in [9.17, 15) is 4.79 Å². The number of carboxylic acids is 1.